The number of pyridine rings is 1. The highest BCUT2D eigenvalue weighted by Gasteiger charge is 2.18. The van der Waals surface area contributed by atoms with Gasteiger partial charge in [-0.15, -0.1) is 5.10 Å². The number of nitrogens with zero attached hydrogens (tertiary/aromatic N) is 5. The molecule has 0 saturated heterocycles. The van der Waals surface area contributed by atoms with E-state index in [4.69, 9.17) is 4.52 Å². The third-order valence-electron chi connectivity index (χ3n) is 5.63. The fraction of sp³-hybridized carbons (Fsp3) is 0.160. The van der Waals surface area contributed by atoms with Gasteiger partial charge in [0.25, 0.3) is 5.89 Å². The zero-order valence-corrected chi connectivity index (χ0v) is 18.9. The third-order valence-corrected chi connectivity index (χ3v) is 5.63. The van der Waals surface area contributed by atoms with Gasteiger partial charge in [0.2, 0.25) is 11.7 Å². The Morgan fingerprint density at radius 3 is 2.68 bits per heavy atom. The Hall–Kier alpha value is -4.53. The van der Waals surface area contributed by atoms with Crippen LogP contribution in [0.3, 0.4) is 0 Å². The van der Waals surface area contributed by atoms with Gasteiger partial charge < -0.3 is 9.84 Å². The molecule has 0 aliphatic heterocycles. The van der Waals surface area contributed by atoms with E-state index in [0.717, 1.165) is 26.9 Å². The molecule has 1 N–H and O–H groups in total. The van der Waals surface area contributed by atoms with Crippen molar-refractivity contribution in [1.82, 2.24) is 24.3 Å². The minimum absolute atomic E-state index is 0.231. The zero-order chi connectivity index (χ0) is 23.8. The van der Waals surface area contributed by atoms with Crippen molar-refractivity contribution in [2.45, 2.75) is 27.3 Å². The van der Waals surface area contributed by atoms with Gasteiger partial charge in [-0.1, -0.05) is 35.0 Å². The van der Waals surface area contributed by atoms with E-state index >= 15 is 0 Å². The summed E-state index contributed by atoms with van der Waals surface area (Å²) in [5.74, 6) is 0.323. The average molecular weight is 454 g/mol. The van der Waals surface area contributed by atoms with Crippen LogP contribution in [-0.4, -0.2) is 30.2 Å². The lowest BCUT2D eigenvalue weighted by molar-refractivity contribution is -0.117. The van der Waals surface area contributed by atoms with Crippen LogP contribution in [0.5, 0.6) is 0 Å². The van der Waals surface area contributed by atoms with Crippen molar-refractivity contribution in [3.05, 3.63) is 88.0 Å². The lowest BCUT2D eigenvalue weighted by atomic mass is 10.1. The second kappa shape index (κ2) is 8.43. The maximum Gasteiger partial charge on any atom is 0.350 e. The summed E-state index contributed by atoms with van der Waals surface area (Å²) < 4.78 is 7.95. The number of hydrogen-bond acceptors (Lipinski definition) is 6. The van der Waals surface area contributed by atoms with Gasteiger partial charge in [-0.3, -0.25) is 4.79 Å². The van der Waals surface area contributed by atoms with E-state index in [0.29, 0.717) is 22.7 Å². The van der Waals surface area contributed by atoms with Crippen LogP contribution in [0.2, 0.25) is 0 Å². The highest BCUT2D eigenvalue weighted by molar-refractivity contribution is 5.90. The smallest absolute Gasteiger partial charge is 0.333 e. The van der Waals surface area contributed by atoms with Crippen LogP contribution in [0, 0.1) is 20.8 Å². The minimum atomic E-state index is -0.439. The summed E-state index contributed by atoms with van der Waals surface area (Å²) in [5, 5.41) is 11.3. The first-order valence-corrected chi connectivity index (χ1v) is 10.8. The van der Waals surface area contributed by atoms with Gasteiger partial charge in [0.15, 0.2) is 5.65 Å². The molecule has 170 valence electrons. The van der Waals surface area contributed by atoms with E-state index in [1.54, 1.807) is 18.3 Å². The zero-order valence-electron chi connectivity index (χ0n) is 18.9. The number of anilines is 1. The molecule has 0 unspecified atom stereocenters. The van der Waals surface area contributed by atoms with Crippen LogP contribution in [0.4, 0.5) is 5.69 Å². The first-order chi connectivity index (χ1) is 16.4. The van der Waals surface area contributed by atoms with Crippen LogP contribution in [0.1, 0.15) is 16.7 Å². The third kappa shape index (κ3) is 3.99. The van der Waals surface area contributed by atoms with Gasteiger partial charge in [0.05, 0.1) is 5.56 Å². The minimum Gasteiger partial charge on any atom is -0.333 e. The Labute approximate surface area is 194 Å². The normalized spacial score (nSPS) is 11.1. The van der Waals surface area contributed by atoms with Crippen molar-refractivity contribution in [3.8, 4) is 22.8 Å². The second-order valence-corrected chi connectivity index (χ2v) is 8.20. The van der Waals surface area contributed by atoms with Crippen LogP contribution in [0.15, 0.2) is 70.1 Å². The van der Waals surface area contributed by atoms with Crippen molar-refractivity contribution >= 4 is 17.2 Å². The molecular weight excluding hydrogens is 432 g/mol. The second-order valence-electron chi connectivity index (χ2n) is 8.20. The van der Waals surface area contributed by atoms with Gasteiger partial charge in [-0.2, -0.15) is 4.98 Å². The molecule has 5 aromatic rings. The molecule has 0 bridgehead atoms. The molecule has 9 nitrogen and oxygen atoms in total. The summed E-state index contributed by atoms with van der Waals surface area (Å²) in [4.78, 5) is 30.0. The van der Waals surface area contributed by atoms with Crippen LogP contribution in [0.25, 0.3) is 28.5 Å². The molecule has 34 heavy (non-hydrogen) atoms. The SMILES string of the molecule is Cc1cccc(-c2noc(-c3cccn4c(=O)n(CC(=O)Nc5ccc(C)c(C)c5)nc34)n2)c1. The van der Waals surface area contributed by atoms with E-state index in [-0.39, 0.29) is 18.3 Å². The quantitative estimate of drug-likeness (QED) is 0.433. The summed E-state index contributed by atoms with van der Waals surface area (Å²) in [7, 11) is 0. The number of amides is 1. The standard InChI is InChI=1S/C25H22N6O3/c1-15-6-4-7-18(12-15)22-27-24(34-29-22)20-8-5-11-30-23(20)28-31(25(30)33)14-21(32)26-19-10-9-16(2)17(3)13-19/h4-13H,14H2,1-3H3,(H,26,32). The molecule has 0 spiro atoms. The van der Waals surface area contributed by atoms with E-state index in [1.165, 1.54) is 4.40 Å². The molecule has 3 aromatic heterocycles. The fourth-order valence-corrected chi connectivity index (χ4v) is 3.70. The van der Waals surface area contributed by atoms with Crippen molar-refractivity contribution in [1.29, 1.82) is 0 Å². The molecular formula is C25H22N6O3. The van der Waals surface area contributed by atoms with E-state index in [9.17, 15) is 9.59 Å². The average Bonchev–Trinajstić information content (AvgIpc) is 3.42. The molecule has 0 aliphatic rings. The Morgan fingerprint density at radius 2 is 1.88 bits per heavy atom. The number of carbonyl (C=O) groups is 1. The summed E-state index contributed by atoms with van der Waals surface area (Å²) in [6.45, 7) is 5.73. The van der Waals surface area contributed by atoms with Crippen LogP contribution < -0.4 is 11.0 Å². The van der Waals surface area contributed by atoms with E-state index < -0.39 is 5.69 Å². The number of fused-ring (bicyclic) bond motifs is 1. The van der Waals surface area contributed by atoms with Crippen molar-refractivity contribution in [3.63, 3.8) is 0 Å². The summed E-state index contributed by atoms with van der Waals surface area (Å²) in [5.41, 5.74) is 5.16. The molecule has 0 radical (unpaired) electrons. The van der Waals surface area contributed by atoms with Crippen molar-refractivity contribution in [2.75, 3.05) is 5.32 Å². The van der Waals surface area contributed by atoms with Gasteiger partial charge in [-0.05, 0) is 62.2 Å². The first-order valence-electron chi connectivity index (χ1n) is 10.8. The van der Waals surface area contributed by atoms with Crippen LogP contribution >= 0.6 is 0 Å². The number of rotatable bonds is 5. The number of carbonyl (C=O) groups excluding carboxylic acids is 1. The van der Waals surface area contributed by atoms with E-state index in [1.807, 2.05) is 63.2 Å². The monoisotopic (exact) mass is 454 g/mol. The molecule has 1 amide bonds. The Kier molecular flexibility index (Phi) is 5.29. The number of nitrogens with one attached hydrogen (secondary N) is 1. The maximum absolute atomic E-state index is 12.9. The Morgan fingerprint density at radius 1 is 1.03 bits per heavy atom. The van der Waals surface area contributed by atoms with Crippen molar-refractivity contribution < 1.29 is 9.32 Å². The van der Waals surface area contributed by atoms with Gasteiger partial charge in [0.1, 0.15) is 6.54 Å². The molecule has 0 fully saturated rings. The number of benzene rings is 2. The molecule has 0 saturated carbocycles. The first kappa shape index (κ1) is 21.3. The van der Waals surface area contributed by atoms with Crippen LogP contribution in [-0.2, 0) is 11.3 Å². The predicted octanol–water partition coefficient (Wildman–Crippen LogP) is 3.78. The number of aryl methyl sites for hydroxylation is 3. The molecule has 9 heteroatoms. The number of aromatic nitrogens is 5. The molecule has 5 rings (SSSR count). The predicted molar refractivity (Wildman–Crippen MR) is 127 cm³/mol. The lowest BCUT2D eigenvalue weighted by Crippen LogP contribution is -2.28. The van der Waals surface area contributed by atoms with E-state index in [2.05, 4.69) is 20.6 Å². The summed E-state index contributed by atoms with van der Waals surface area (Å²) in [6.07, 6.45) is 1.59. The summed E-state index contributed by atoms with van der Waals surface area (Å²) in [6, 6.07) is 16.9. The highest BCUT2D eigenvalue weighted by Crippen LogP contribution is 2.25. The topological polar surface area (TPSA) is 107 Å². The van der Waals surface area contributed by atoms with Crippen molar-refractivity contribution in [2.24, 2.45) is 0 Å². The molecule has 0 aliphatic carbocycles. The molecule has 2 aromatic carbocycles. The lowest BCUT2D eigenvalue weighted by Gasteiger charge is -2.07. The molecule has 3 heterocycles. The Bertz CT molecular complexity index is 1590. The Balaban J connectivity index is 1.44. The van der Waals surface area contributed by atoms with Gasteiger partial charge >= 0.3 is 5.69 Å². The maximum atomic E-state index is 12.9. The number of hydrogen-bond donors (Lipinski definition) is 1. The van der Waals surface area contributed by atoms with Gasteiger partial charge in [0, 0.05) is 17.4 Å². The van der Waals surface area contributed by atoms with Gasteiger partial charge in [-0.25, -0.2) is 13.9 Å². The highest BCUT2D eigenvalue weighted by atomic mass is 16.5. The summed E-state index contributed by atoms with van der Waals surface area (Å²) >= 11 is 0. The largest absolute Gasteiger partial charge is 0.350 e. The fourth-order valence-electron chi connectivity index (χ4n) is 3.70. The molecule has 0 atom stereocenters.